The van der Waals surface area contributed by atoms with Crippen LogP contribution >= 0.6 is 0 Å². The molecule has 4 aromatic carbocycles. The molecule has 2 atom stereocenters. The summed E-state index contributed by atoms with van der Waals surface area (Å²) in [5.74, 6) is 3.58. The van der Waals surface area contributed by atoms with Crippen LogP contribution in [-0.2, 0) is 38.2 Å². The molecule has 16 nitrogen and oxygen atoms in total. The van der Waals surface area contributed by atoms with E-state index in [1.165, 1.54) is 0 Å². The second-order valence-electron chi connectivity index (χ2n) is 24.6. The van der Waals surface area contributed by atoms with Crippen LogP contribution in [0.5, 0.6) is 46.0 Å². The van der Waals surface area contributed by atoms with Gasteiger partial charge in [-0.3, -0.25) is 19.2 Å². The van der Waals surface area contributed by atoms with E-state index in [1.54, 1.807) is 113 Å². The summed E-state index contributed by atoms with van der Waals surface area (Å²) in [4.78, 5) is 59.5. The minimum absolute atomic E-state index is 0.167. The second-order valence-corrected chi connectivity index (χ2v) is 24.6. The Labute approximate surface area is 503 Å². The summed E-state index contributed by atoms with van der Waals surface area (Å²) in [6.07, 6.45) is 3.25. The topological polar surface area (TPSA) is 187 Å². The third-order valence-electron chi connectivity index (χ3n) is 13.6. The lowest BCUT2D eigenvalue weighted by molar-refractivity contribution is -0.157. The van der Waals surface area contributed by atoms with E-state index in [4.69, 9.17) is 52.1 Å². The normalized spacial score (nSPS) is 12.4. The smallest absolute Gasteiger partial charge is 0.344 e. The summed E-state index contributed by atoms with van der Waals surface area (Å²) in [5.41, 5.74) is -2.66. The van der Waals surface area contributed by atoms with Crippen molar-refractivity contribution in [3.63, 3.8) is 0 Å². The Kier molecular flexibility index (Phi) is 31.4. The maximum Gasteiger partial charge on any atom is 0.344 e. The van der Waals surface area contributed by atoms with E-state index >= 15 is 0 Å². The van der Waals surface area contributed by atoms with Crippen molar-refractivity contribution in [2.45, 2.75) is 208 Å². The average molecular weight is 1180 g/mol. The van der Waals surface area contributed by atoms with Gasteiger partial charge < -0.3 is 52.1 Å². The zero-order valence-corrected chi connectivity index (χ0v) is 55.0. The highest BCUT2D eigenvalue weighted by atomic mass is 16.7. The number of benzene rings is 4. The van der Waals surface area contributed by atoms with Gasteiger partial charge in [0.1, 0.15) is 57.2 Å². The number of methoxy groups -OCH3 is 1. The summed E-state index contributed by atoms with van der Waals surface area (Å²) >= 11 is 0. The van der Waals surface area contributed by atoms with Crippen LogP contribution in [0.15, 0.2) is 97.1 Å². The van der Waals surface area contributed by atoms with Gasteiger partial charge in [-0.05, 0) is 233 Å². The van der Waals surface area contributed by atoms with Crippen LogP contribution in [0, 0.1) is 27.6 Å². The molecule has 0 spiro atoms. The number of esters is 5. The van der Waals surface area contributed by atoms with E-state index in [-0.39, 0.29) is 54.6 Å². The number of carbonyl (C=O) groups is 5. The van der Waals surface area contributed by atoms with E-state index in [9.17, 15) is 24.0 Å². The zero-order chi connectivity index (χ0) is 64.3. The average Bonchev–Trinajstić information content (AvgIpc) is 3.43. The fourth-order valence-corrected chi connectivity index (χ4v) is 5.87. The molecular weight excluding hydrogens is 1070 g/mol. The van der Waals surface area contributed by atoms with Gasteiger partial charge in [0.2, 0.25) is 6.29 Å². The Hall–Kier alpha value is -6.65. The highest BCUT2D eigenvalue weighted by molar-refractivity contribution is 5.80. The fraction of sp³-hybridized carbons (Fsp3) is 0.574. The molecule has 0 saturated heterocycles. The van der Waals surface area contributed by atoms with Crippen molar-refractivity contribution >= 4 is 29.8 Å². The second kappa shape index (κ2) is 35.0. The van der Waals surface area contributed by atoms with Crippen molar-refractivity contribution in [2.24, 2.45) is 27.6 Å². The van der Waals surface area contributed by atoms with Crippen LogP contribution in [-0.4, -0.2) is 74.0 Å². The van der Waals surface area contributed by atoms with Crippen LogP contribution in [0.4, 0.5) is 0 Å². The van der Waals surface area contributed by atoms with Crippen molar-refractivity contribution in [3.05, 3.63) is 97.1 Å². The molecule has 470 valence electrons. The molecule has 0 saturated carbocycles. The van der Waals surface area contributed by atoms with Gasteiger partial charge in [-0.2, -0.15) is 0 Å². The van der Waals surface area contributed by atoms with Crippen LogP contribution in [0.1, 0.15) is 184 Å². The first-order valence-electron chi connectivity index (χ1n) is 29.2. The lowest BCUT2D eigenvalue weighted by Crippen LogP contribution is -2.28. The molecule has 0 aliphatic rings. The monoisotopic (exact) mass is 1170 g/mol. The number of hydrogen-bond acceptors (Lipinski definition) is 16. The minimum Gasteiger partial charge on any atom is -0.488 e. The summed E-state index contributed by atoms with van der Waals surface area (Å²) in [6, 6.07) is 27.7. The standard InChI is InChI=1S/C18H26O5.C17H26O4.C17H26O3.C16H24O4/c1-7-18(5,6)16(20)22-14-10-8-13(9-11-14)21-12-15(19)23-17(2,3)4;1-7-17(4,5)16(18)21-14-10-8-13(9-11-14)20-15(19-6)12(2)3;1-7-16(3,4)15(18)19-13-9-11-14(12-10-13)20-17(5,6)8-2;1-6-16(4,5)15(17)20-14-10-8-13(9-11-14)19-12(3)18-7-2/h8-11H,7,12H2,1-6H3;8-12,15H,7H2,1-6H3;9-12H,7-8H2,1-6H3;8-12H,6-7H2,1-5H3. The Morgan fingerprint density at radius 1 is 0.405 bits per heavy atom. The van der Waals surface area contributed by atoms with Crippen LogP contribution < -0.4 is 37.9 Å². The molecule has 16 heteroatoms. The SMILES string of the molecule is CCC(C)(C)C(=O)Oc1ccc(OC(OC)C(C)C)cc1.CCC(C)(C)C(=O)Oc1ccc(OCC(=O)OC(C)(C)C)cc1.CCC(C)(C)Oc1ccc(OC(=O)C(C)(C)CC)cc1.CCOC(C)Oc1ccc(OC(=O)C(C)(C)CC)cc1. The molecule has 0 bridgehead atoms. The van der Waals surface area contributed by atoms with Crippen molar-refractivity contribution < 1.29 is 76.1 Å². The minimum atomic E-state index is -0.537. The molecule has 0 aliphatic carbocycles. The molecule has 0 radical (unpaired) electrons. The first-order valence-corrected chi connectivity index (χ1v) is 29.2. The molecule has 84 heavy (non-hydrogen) atoms. The lowest BCUT2D eigenvalue weighted by atomic mass is 9.91. The van der Waals surface area contributed by atoms with Crippen molar-refractivity contribution in [1.29, 1.82) is 0 Å². The van der Waals surface area contributed by atoms with E-state index in [2.05, 4.69) is 6.92 Å². The van der Waals surface area contributed by atoms with E-state index in [0.29, 0.717) is 53.3 Å². The van der Waals surface area contributed by atoms with Gasteiger partial charge in [0.15, 0.2) is 12.9 Å². The van der Waals surface area contributed by atoms with Crippen LogP contribution in [0.25, 0.3) is 0 Å². The molecule has 0 N–H and O–H groups in total. The Morgan fingerprint density at radius 3 is 0.976 bits per heavy atom. The predicted molar refractivity (Wildman–Crippen MR) is 329 cm³/mol. The van der Waals surface area contributed by atoms with Crippen LogP contribution in [0.3, 0.4) is 0 Å². The van der Waals surface area contributed by atoms with Crippen molar-refractivity contribution in [3.8, 4) is 46.0 Å². The third kappa shape index (κ3) is 28.8. The molecule has 4 aromatic rings. The maximum atomic E-state index is 12.0. The molecule has 0 amide bonds. The predicted octanol–water partition coefficient (Wildman–Crippen LogP) is 16.2. The summed E-state index contributed by atoms with van der Waals surface area (Å²) in [5, 5.41) is 0. The van der Waals surface area contributed by atoms with Crippen molar-refractivity contribution in [2.75, 3.05) is 20.3 Å². The molecule has 0 aliphatic heterocycles. The van der Waals surface area contributed by atoms with Gasteiger partial charge in [-0.15, -0.1) is 0 Å². The van der Waals surface area contributed by atoms with Gasteiger partial charge in [0.25, 0.3) is 0 Å². The molecular formula is C68H102O16. The van der Waals surface area contributed by atoms with Gasteiger partial charge in [0, 0.05) is 19.6 Å². The highest BCUT2D eigenvalue weighted by Crippen LogP contribution is 2.30. The van der Waals surface area contributed by atoms with Gasteiger partial charge in [-0.25, -0.2) is 4.79 Å². The number of ether oxygens (including phenoxy) is 11. The van der Waals surface area contributed by atoms with E-state index in [0.717, 1.165) is 31.4 Å². The number of hydrogen-bond donors (Lipinski definition) is 0. The van der Waals surface area contributed by atoms with E-state index < -0.39 is 33.2 Å². The lowest BCUT2D eigenvalue weighted by Gasteiger charge is -2.25. The van der Waals surface area contributed by atoms with Gasteiger partial charge in [0.05, 0.1) is 21.7 Å². The largest absolute Gasteiger partial charge is 0.488 e. The Morgan fingerprint density at radius 2 is 0.702 bits per heavy atom. The zero-order valence-electron chi connectivity index (χ0n) is 55.0. The van der Waals surface area contributed by atoms with Gasteiger partial charge in [-0.1, -0.05) is 48.5 Å². The maximum absolute atomic E-state index is 12.0. The molecule has 2 unspecified atom stereocenters. The fourth-order valence-electron chi connectivity index (χ4n) is 5.87. The summed E-state index contributed by atoms with van der Waals surface area (Å²) < 4.78 is 59.6. The number of carbonyl (C=O) groups excluding carboxylic acids is 5. The number of rotatable bonds is 26. The third-order valence-corrected chi connectivity index (χ3v) is 13.6. The highest BCUT2D eigenvalue weighted by Gasteiger charge is 2.31. The molecule has 0 aromatic heterocycles. The first-order chi connectivity index (χ1) is 38.9. The Bertz CT molecular complexity index is 2570. The molecule has 4 rings (SSSR count). The molecule has 0 heterocycles. The van der Waals surface area contributed by atoms with Gasteiger partial charge >= 0.3 is 29.8 Å². The summed E-state index contributed by atoms with van der Waals surface area (Å²) in [7, 11) is 1.62. The summed E-state index contributed by atoms with van der Waals surface area (Å²) in [6.45, 7) is 42.6. The molecule has 0 fully saturated rings. The quantitative estimate of drug-likeness (QED) is 0.0328. The van der Waals surface area contributed by atoms with E-state index in [1.807, 2.05) is 137 Å². The van der Waals surface area contributed by atoms with Crippen molar-refractivity contribution in [1.82, 2.24) is 0 Å². The van der Waals surface area contributed by atoms with Crippen LogP contribution in [0.2, 0.25) is 0 Å². The first kappa shape index (κ1) is 75.4. The Balaban J connectivity index is 0.000000561.